The van der Waals surface area contributed by atoms with Gasteiger partial charge in [-0.2, -0.15) is 0 Å². The fourth-order valence-electron chi connectivity index (χ4n) is 10.1. The molecule has 7 rings (SSSR count). The first kappa shape index (κ1) is 38.9. The van der Waals surface area contributed by atoms with E-state index < -0.39 is 0 Å². The van der Waals surface area contributed by atoms with Crippen LogP contribution in [0.5, 0.6) is 0 Å². The minimum atomic E-state index is 0.174. The summed E-state index contributed by atoms with van der Waals surface area (Å²) in [5.41, 5.74) is 29.4. The molecule has 0 bridgehead atoms. The van der Waals surface area contributed by atoms with Gasteiger partial charge >= 0.3 is 0 Å². The zero-order valence-corrected chi connectivity index (χ0v) is 35.7. The van der Waals surface area contributed by atoms with Gasteiger partial charge in [-0.25, -0.2) is 0 Å². The smallest absolute Gasteiger partial charge is 0.0686 e. The van der Waals surface area contributed by atoms with Gasteiger partial charge < -0.3 is 0 Å². The lowest BCUT2D eigenvalue weighted by atomic mass is 9.34. The highest BCUT2D eigenvalue weighted by molar-refractivity contribution is 6.97. The van der Waals surface area contributed by atoms with Crippen LogP contribution in [0.15, 0.2) is 121 Å². The number of benzene rings is 7. The van der Waals surface area contributed by atoms with Gasteiger partial charge in [-0.1, -0.05) is 221 Å². The van der Waals surface area contributed by atoms with Crippen molar-refractivity contribution in [1.82, 2.24) is 0 Å². The highest BCUT2D eigenvalue weighted by Crippen LogP contribution is 2.25. The van der Waals surface area contributed by atoms with E-state index in [1.165, 1.54) is 122 Å². The van der Waals surface area contributed by atoms with E-state index in [2.05, 4.69) is 204 Å². The molecule has 0 aliphatic heterocycles. The van der Waals surface area contributed by atoms with E-state index in [0.717, 1.165) is 0 Å². The molecule has 56 heavy (non-hydrogen) atoms. The maximum absolute atomic E-state index is 2.36. The first-order chi connectivity index (χ1) is 26.7. The molecule has 0 fully saturated rings. The van der Waals surface area contributed by atoms with Crippen molar-refractivity contribution < 1.29 is 0 Å². The number of hydrogen-bond donors (Lipinski definition) is 0. The molecular weight excluding hydrogens is 670 g/mol. The first-order valence-electron chi connectivity index (χ1n) is 20.3. The van der Waals surface area contributed by atoms with Gasteiger partial charge in [0.25, 0.3) is 0 Å². The van der Waals surface area contributed by atoms with Crippen LogP contribution in [-0.2, 0) is 0 Å². The molecule has 7 aromatic carbocycles. The second-order valence-electron chi connectivity index (χ2n) is 16.9. The molecule has 0 nitrogen and oxygen atoms in total. The van der Waals surface area contributed by atoms with Crippen LogP contribution in [0.2, 0.25) is 0 Å². The zero-order valence-electron chi connectivity index (χ0n) is 35.7. The Bertz CT molecular complexity index is 2180. The van der Waals surface area contributed by atoms with Crippen molar-refractivity contribution in [3.05, 3.63) is 188 Å². The monoisotopic (exact) mass is 726 g/mol. The molecule has 2 heteroatoms. The third kappa shape index (κ3) is 7.60. The summed E-state index contributed by atoms with van der Waals surface area (Å²) in [7, 11) is 0. The summed E-state index contributed by atoms with van der Waals surface area (Å²) < 4.78 is 0. The molecule has 0 aliphatic rings. The van der Waals surface area contributed by atoms with Crippen molar-refractivity contribution in [2.24, 2.45) is 0 Å². The van der Waals surface area contributed by atoms with Crippen LogP contribution in [0.3, 0.4) is 0 Å². The largest absolute Gasteiger partial charge is 0.242 e. The Morgan fingerprint density at radius 1 is 0.232 bits per heavy atom. The summed E-state index contributed by atoms with van der Waals surface area (Å²) >= 11 is 0. The average Bonchev–Trinajstić information content (AvgIpc) is 3.12. The average molecular weight is 727 g/mol. The van der Waals surface area contributed by atoms with E-state index in [1.807, 2.05) is 0 Å². The van der Waals surface area contributed by atoms with Crippen molar-refractivity contribution in [1.29, 1.82) is 0 Å². The van der Waals surface area contributed by atoms with Crippen LogP contribution in [0.4, 0.5) is 0 Å². The Balaban J connectivity index is 1.21. The summed E-state index contributed by atoms with van der Waals surface area (Å²) in [6.07, 6.45) is 0. The highest BCUT2D eigenvalue weighted by atomic mass is 14.1. The Morgan fingerprint density at radius 3 is 0.571 bits per heavy atom. The molecule has 0 saturated carbocycles. The van der Waals surface area contributed by atoms with Crippen LogP contribution in [-0.4, -0.2) is 13.4 Å². The normalized spacial score (nSPS) is 11.2. The predicted octanol–water partition coefficient (Wildman–Crippen LogP) is 9.75. The van der Waals surface area contributed by atoms with Crippen molar-refractivity contribution >= 4 is 46.2 Å². The predicted molar refractivity (Wildman–Crippen MR) is 249 cm³/mol. The molecule has 0 aromatic heterocycles. The molecule has 0 unspecified atom stereocenters. The van der Waals surface area contributed by atoms with Crippen molar-refractivity contribution in [3.63, 3.8) is 0 Å². The van der Waals surface area contributed by atoms with Gasteiger partial charge in [0.1, 0.15) is 0 Å². The van der Waals surface area contributed by atoms with E-state index in [-0.39, 0.29) is 13.4 Å². The number of hydrogen-bond acceptors (Lipinski definition) is 0. The molecular formula is C54H56B2. The van der Waals surface area contributed by atoms with Crippen LogP contribution in [0.25, 0.3) is 22.3 Å². The standard InChI is InChI=1S/C54H56B2/c1-33-25-37(5)51(38(6)26-33)55(52-39(7)27-34(2)28-40(52)8)49-21-17-47(18-22-49)45-13-15-46(16-14-45)48-19-23-50(24-20-48)56(53-41(9)29-35(3)30-42(53)10)54-43(11)31-36(4)32-44(54)12/h13-32H,1-12H3. The van der Waals surface area contributed by atoms with Crippen LogP contribution >= 0.6 is 0 Å². The Morgan fingerprint density at radius 2 is 0.393 bits per heavy atom. The van der Waals surface area contributed by atoms with E-state index in [9.17, 15) is 0 Å². The van der Waals surface area contributed by atoms with Gasteiger partial charge in [0.15, 0.2) is 0 Å². The Hall–Kier alpha value is -5.33. The molecule has 0 atom stereocenters. The van der Waals surface area contributed by atoms with Gasteiger partial charge in [-0.15, -0.1) is 0 Å². The minimum absolute atomic E-state index is 0.174. The van der Waals surface area contributed by atoms with E-state index >= 15 is 0 Å². The SMILES string of the molecule is Cc1cc(C)c(B(c2ccc(-c3ccc(-c4ccc(B(c5c(C)cc(C)cc5C)c5c(C)cc(C)cc5C)cc4)cc3)cc2)c2c(C)cc(C)cc2C)c(C)c1. The molecule has 0 spiro atoms. The molecule has 0 aliphatic carbocycles. The van der Waals surface area contributed by atoms with Gasteiger partial charge in [-0.05, 0) is 105 Å². The highest BCUT2D eigenvalue weighted by Gasteiger charge is 2.30. The second kappa shape index (κ2) is 15.7. The maximum Gasteiger partial charge on any atom is 0.242 e. The molecule has 7 aromatic rings. The van der Waals surface area contributed by atoms with Crippen molar-refractivity contribution in [2.75, 3.05) is 0 Å². The fraction of sp³-hybridized carbons (Fsp3) is 0.222. The lowest BCUT2D eigenvalue weighted by Gasteiger charge is -2.25. The quantitative estimate of drug-likeness (QED) is 0.137. The lowest BCUT2D eigenvalue weighted by Crippen LogP contribution is -2.55. The van der Waals surface area contributed by atoms with Gasteiger partial charge in [0.2, 0.25) is 13.4 Å². The van der Waals surface area contributed by atoms with Crippen LogP contribution < -0.4 is 32.8 Å². The molecule has 0 heterocycles. The minimum Gasteiger partial charge on any atom is -0.0686 e. The first-order valence-corrected chi connectivity index (χ1v) is 20.3. The summed E-state index contributed by atoms with van der Waals surface area (Å²) in [6.45, 7) is 27.4. The summed E-state index contributed by atoms with van der Waals surface area (Å²) in [5.74, 6) is 0. The Labute approximate surface area is 338 Å². The maximum atomic E-state index is 2.36. The second-order valence-corrected chi connectivity index (χ2v) is 16.9. The summed E-state index contributed by atoms with van der Waals surface area (Å²) in [5, 5.41) is 0. The van der Waals surface area contributed by atoms with E-state index in [0.29, 0.717) is 0 Å². The van der Waals surface area contributed by atoms with Crippen LogP contribution in [0, 0.1) is 83.1 Å². The van der Waals surface area contributed by atoms with E-state index in [1.54, 1.807) is 0 Å². The molecule has 0 radical (unpaired) electrons. The van der Waals surface area contributed by atoms with Crippen molar-refractivity contribution in [3.8, 4) is 22.3 Å². The summed E-state index contributed by atoms with van der Waals surface area (Å²) in [6, 6.07) is 46.5. The molecule has 0 saturated heterocycles. The zero-order chi connectivity index (χ0) is 40.0. The van der Waals surface area contributed by atoms with Gasteiger partial charge in [0, 0.05) is 0 Å². The Kier molecular flexibility index (Phi) is 10.9. The molecule has 0 N–H and O–H groups in total. The lowest BCUT2D eigenvalue weighted by molar-refractivity contribution is 1.34. The fourth-order valence-corrected chi connectivity index (χ4v) is 10.1. The van der Waals surface area contributed by atoms with Gasteiger partial charge in [-0.3, -0.25) is 0 Å². The van der Waals surface area contributed by atoms with Crippen LogP contribution in [0.1, 0.15) is 66.8 Å². The third-order valence-corrected chi connectivity index (χ3v) is 12.1. The van der Waals surface area contributed by atoms with E-state index in [4.69, 9.17) is 0 Å². The summed E-state index contributed by atoms with van der Waals surface area (Å²) in [4.78, 5) is 0. The topological polar surface area (TPSA) is 0 Å². The molecule has 278 valence electrons. The number of rotatable bonds is 8. The third-order valence-electron chi connectivity index (χ3n) is 12.1. The van der Waals surface area contributed by atoms with Crippen molar-refractivity contribution in [2.45, 2.75) is 83.1 Å². The van der Waals surface area contributed by atoms with Gasteiger partial charge in [0.05, 0.1) is 0 Å². The number of aryl methyl sites for hydroxylation is 12. The molecule has 0 amide bonds.